The summed E-state index contributed by atoms with van der Waals surface area (Å²) >= 11 is 0. The topological polar surface area (TPSA) is 106 Å². The highest BCUT2D eigenvalue weighted by Gasteiger charge is 2.48. The fourth-order valence-corrected chi connectivity index (χ4v) is 5.92. The Bertz CT molecular complexity index is 1300. The summed E-state index contributed by atoms with van der Waals surface area (Å²) in [5.74, 6) is 1.61. The molecule has 10 heteroatoms. The van der Waals surface area contributed by atoms with Crippen LogP contribution in [0.2, 0.25) is 0 Å². The lowest BCUT2D eigenvalue weighted by Crippen LogP contribution is -2.52. The fourth-order valence-electron chi connectivity index (χ4n) is 5.92. The molecule has 3 aromatic rings. The fraction of sp³-hybridized carbons (Fsp3) is 0.536. The highest BCUT2D eigenvalue weighted by atomic mass is 19.1. The number of nitrogens with zero attached hydrogens (tertiary/aromatic N) is 6. The summed E-state index contributed by atoms with van der Waals surface area (Å²) in [4.78, 5) is 15.4. The number of hydrogen-bond acceptors (Lipinski definition) is 9. The van der Waals surface area contributed by atoms with Crippen molar-refractivity contribution in [1.82, 2.24) is 25.1 Å². The molecule has 1 aromatic carbocycles. The van der Waals surface area contributed by atoms with Crippen LogP contribution in [0.25, 0.3) is 22.6 Å². The molecule has 6 rings (SSSR count). The average Bonchev–Trinajstić information content (AvgIpc) is 3.77. The van der Waals surface area contributed by atoms with Crippen molar-refractivity contribution in [3.05, 3.63) is 30.6 Å². The number of phenols is 1. The minimum absolute atomic E-state index is 0.000719. The van der Waals surface area contributed by atoms with E-state index in [-0.39, 0.29) is 23.2 Å². The van der Waals surface area contributed by atoms with E-state index in [1.165, 1.54) is 0 Å². The highest BCUT2D eigenvalue weighted by molar-refractivity contribution is 5.71. The van der Waals surface area contributed by atoms with E-state index >= 15 is 4.39 Å². The van der Waals surface area contributed by atoms with Gasteiger partial charge in [-0.3, -0.25) is 0 Å². The quantitative estimate of drug-likeness (QED) is 0.453. The van der Waals surface area contributed by atoms with Gasteiger partial charge in [0, 0.05) is 17.0 Å². The number of hydrogen-bond donors (Lipinski definition) is 1. The summed E-state index contributed by atoms with van der Waals surface area (Å²) in [5, 5.41) is 19.6. The molecule has 200 valence electrons. The zero-order chi connectivity index (χ0) is 26.3. The molecule has 1 N–H and O–H groups in total. The second kappa shape index (κ2) is 9.96. The minimum Gasteiger partial charge on any atom is -0.507 e. The number of fused-ring (bicyclic) bond motifs is 1. The molecule has 9 nitrogen and oxygen atoms in total. The first-order chi connectivity index (χ1) is 18.5. The second-order valence-corrected chi connectivity index (χ2v) is 10.8. The Morgan fingerprint density at radius 3 is 2.61 bits per heavy atom. The van der Waals surface area contributed by atoms with Crippen LogP contribution in [0.15, 0.2) is 30.6 Å². The normalized spacial score (nSPS) is 24.7. The Hall–Kier alpha value is -3.56. The smallest absolute Gasteiger partial charge is 0.278 e. The predicted molar refractivity (Wildman–Crippen MR) is 140 cm³/mol. The lowest BCUT2D eigenvalue weighted by atomic mass is 9.69. The summed E-state index contributed by atoms with van der Waals surface area (Å²) in [6.45, 7) is 5.07. The van der Waals surface area contributed by atoms with Crippen molar-refractivity contribution >= 4 is 5.82 Å². The Morgan fingerprint density at radius 2 is 1.89 bits per heavy atom. The summed E-state index contributed by atoms with van der Waals surface area (Å²) < 4.78 is 26.9. The molecular formula is C28H33FN6O3. The predicted octanol–water partition coefficient (Wildman–Crippen LogP) is 5.14. The lowest BCUT2D eigenvalue weighted by molar-refractivity contribution is 0.0423. The van der Waals surface area contributed by atoms with Gasteiger partial charge in [0.25, 0.3) is 11.8 Å². The summed E-state index contributed by atoms with van der Waals surface area (Å²) in [6, 6.07) is 5.20. The Balaban J connectivity index is 1.24. The monoisotopic (exact) mass is 520 g/mol. The van der Waals surface area contributed by atoms with Crippen molar-refractivity contribution in [1.29, 1.82) is 0 Å². The first-order valence-corrected chi connectivity index (χ1v) is 13.6. The van der Waals surface area contributed by atoms with Crippen molar-refractivity contribution in [3.63, 3.8) is 0 Å². The number of rotatable bonds is 7. The Morgan fingerprint density at radius 1 is 1.08 bits per heavy atom. The van der Waals surface area contributed by atoms with Crippen LogP contribution in [0.3, 0.4) is 0 Å². The molecule has 0 spiro atoms. The Kier molecular flexibility index (Phi) is 6.49. The van der Waals surface area contributed by atoms with E-state index in [0.29, 0.717) is 53.4 Å². The largest absolute Gasteiger partial charge is 0.507 e. The zero-order valence-corrected chi connectivity index (χ0v) is 21.8. The number of aromatic hydroxyl groups is 1. The van der Waals surface area contributed by atoms with Crippen LogP contribution < -0.4 is 14.4 Å². The first kappa shape index (κ1) is 24.8. The van der Waals surface area contributed by atoms with Crippen LogP contribution >= 0.6 is 0 Å². The number of ether oxygens (including phenoxy) is 2. The van der Waals surface area contributed by atoms with E-state index < -0.39 is 6.17 Å². The maximum atomic E-state index is 15.9. The third-order valence-corrected chi connectivity index (χ3v) is 7.99. The van der Waals surface area contributed by atoms with E-state index in [1.54, 1.807) is 24.5 Å². The van der Waals surface area contributed by atoms with Gasteiger partial charge in [0.05, 0.1) is 29.7 Å². The SMILES string of the molecule is CCC[C@]1(C)CCC[C@H](N(c2cnc(-c3ccc(-c4cnc5c(n4)OCCO5)cc3O)nn2)C2CC2)[C@@H]1F. The number of alkyl halides is 1. The maximum absolute atomic E-state index is 15.9. The van der Waals surface area contributed by atoms with Crippen LogP contribution in [-0.2, 0) is 0 Å². The molecule has 38 heavy (non-hydrogen) atoms. The van der Waals surface area contributed by atoms with Gasteiger partial charge in [0.1, 0.15) is 25.1 Å². The molecule has 0 amide bonds. The molecule has 0 radical (unpaired) electrons. The second-order valence-electron chi connectivity index (χ2n) is 10.8. The van der Waals surface area contributed by atoms with Crippen molar-refractivity contribution < 1.29 is 19.0 Å². The molecule has 0 unspecified atom stereocenters. The number of halogens is 1. The van der Waals surface area contributed by atoms with Crippen molar-refractivity contribution in [2.45, 2.75) is 77.0 Å². The van der Waals surface area contributed by atoms with Gasteiger partial charge in [-0.15, -0.1) is 10.2 Å². The number of benzene rings is 1. The van der Waals surface area contributed by atoms with Crippen molar-refractivity contribution in [3.8, 4) is 40.2 Å². The molecule has 0 bridgehead atoms. The van der Waals surface area contributed by atoms with Gasteiger partial charge in [-0.1, -0.05) is 32.8 Å². The molecule has 3 atom stereocenters. The number of aromatic nitrogens is 5. The van der Waals surface area contributed by atoms with E-state index in [4.69, 9.17) is 9.47 Å². The van der Waals surface area contributed by atoms with Gasteiger partial charge < -0.3 is 19.5 Å². The molecule has 2 fully saturated rings. The minimum atomic E-state index is -0.918. The summed E-state index contributed by atoms with van der Waals surface area (Å²) in [7, 11) is 0. The zero-order valence-electron chi connectivity index (χ0n) is 21.8. The third-order valence-electron chi connectivity index (χ3n) is 7.99. The molecule has 0 saturated heterocycles. The van der Waals surface area contributed by atoms with Gasteiger partial charge in [0.2, 0.25) is 0 Å². The van der Waals surface area contributed by atoms with Gasteiger partial charge >= 0.3 is 0 Å². The standard InChI is InChI=1S/C28H33FN6O3/c1-3-10-28(2)11-4-5-21(24(28)29)35(18-7-8-18)23-16-30-25(34-33-23)19-9-6-17(14-22(19)36)20-15-31-26-27(32-20)38-13-12-37-26/h6,9,14-16,18,21,24,36H,3-5,7-8,10-13H2,1-2H3/t21-,24-,28+/m0/s1. The molecule has 3 heterocycles. The van der Waals surface area contributed by atoms with Gasteiger partial charge in [-0.2, -0.15) is 0 Å². The van der Waals surface area contributed by atoms with Crippen molar-refractivity contribution in [2.75, 3.05) is 18.1 Å². The lowest BCUT2D eigenvalue weighted by Gasteiger charge is -2.46. The highest BCUT2D eigenvalue weighted by Crippen LogP contribution is 2.46. The molecule has 3 aliphatic rings. The van der Waals surface area contributed by atoms with Gasteiger partial charge in [-0.25, -0.2) is 19.3 Å². The molecule has 1 aliphatic heterocycles. The van der Waals surface area contributed by atoms with Gasteiger partial charge in [-0.05, 0) is 44.2 Å². The van der Waals surface area contributed by atoms with E-state index in [1.807, 2.05) is 6.07 Å². The average molecular weight is 521 g/mol. The summed E-state index contributed by atoms with van der Waals surface area (Å²) in [5.41, 5.74) is 1.36. The number of anilines is 1. The Labute approximate surface area is 221 Å². The maximum Gasteiger partial charge on any atom is 0.278 e. The van der Waals surface area contributed by atoms with Crippen LogP contribution in [-0.4, -0.2) is 61.7 Å². The molecule has 2 saturated carbocycles. The molecular weight excluding hydrogens is 487 g/mol. The van der Waals surface area contributed by atoms with Crippen LogP contribution in [0, 0.1) is 5.41 Å². The van der Waals surface area contributed by atoms with Crippen LogP contribution in [0.5, 0.6) is 17.5 Å². The first-order valence-electron chi connectivity index (χ1n) is 13.6. The number of phenolic OH excluding ortho intramolecular Hbond substituents is 1. The van der Waals surface area contributed by atoms with E-state index in [9.17, 15) is 5.11 Å². The molecule has 2 aliphatic carbocycles. The third kappa shape index (κ3) is 4.61. The van der Waals surface area contributed by atoms with Crippen LogP contribution in [0.4, 0.5) is 10.2 Å². The van der Waals surface area contributed by atoms with E-state index in [2.05, 4.69) is 43.9 Å². The molecule has 2 aromatic heterocycles. The van der Waals surface area contributed by atoms with Crippen molar-refractivity contribution in [2.24, 2.45) is 5.41 Å². The van der Waals surface area contributed by atoms with E-state index in [0.717, 1.165) is 44.9 Å². The van der Waals surface area contributed by atoms with Crippen LogP contribution in [0.1, 0.15) is 58.8 Å². The van der Waals surface area contributed by atoms with Gasteiger partial charge in [0.15, 0.2) is 11.6 Å². The summed E-state index contributed by atoms with van der Waals surface area (Å²) in [6.07, 6.45) is 9.00.